The summed E-state index contributed by atoms with van der Waals surface area (Å²) in [6, 6.07) is 8.80. The molecule has 3 aliphatic rings. The van der Waals surface area contributed by atoms with Crippen LogP contribution in [-0.2, 0) is 9.84 Å². The van der Waals surface area contributed by atoms with E-state index >= 15 is 0 Å². The monoisotopic (exact) mass is 476 g/mol. The molecule has 3 fully saturated rings. The molecule has 3 saturated carbocycles. The number of hydrogen-bond donors (Lipinski definition) is 1. The van der Waals surface area contributed by atoms with Crippen LogP contribution in [0.5, 0.6) is 0 Å². The van der Waals surface area contributed by atoms with Crippen LogP contribution in [0.4, 0.5) is 0 Å². The molecule has 3 aliphatic carbocycles. The number of aromatic nitrogens is 1. The number of fused-ring (bicyclic) bond motifs is 1. The van der Waals surface area contributed by atoms with Gasteiger partial charge in [-0.2, -0.15) is 0 Å². The van der Waals surface area contributed by atoms with Crippen molar-refractivity contribution >= 4 is 48.9 Å². The number of hydrogen-bond acceptors (Lipinski definition) is 6. The summed E-state index contributed by atoms with van der Waals surface area (Å²) in [5.41, 5.74) is 1.26. The second-order valence-corrected chi connectivity index (χ2v) is 12.9. The van der Waals surface area contributed by atoms with Crippen molar-refractivity contribution in [3.63, 3.8) is 0 Å². The summed E-state index contributed by atoms with van der Waals surface area (Å²) in [6.07, 6.45) is 5.41. The van der Waals surface area contributed by atoms with Gasteiger partial charge in [0.2, 0.25) is 14.9 Å². The number of halogens is 1. The number of rotatable bonds is 5. The summed E-state index contributed by atoms with van der Waals surface area (Å²) in [5.74, 6) is 0.212. The molecule has 1 amide bonds. The van der Waals surface area contributed by atoms with Gasteiger partial charge in [0.1, 0.15) is 0 Å². The van der Waals surface area contributed by atoms with Gasteiger partial charge in [0.05, 0.1) is 20.5 Å². The van der Waals surface area contributed by atoms with Gasteiger partial charge in [-0.1, -0.05) is 11.6 Å². The average molecular weight is 477 g/mol. The highest BCUT2D eigenvalue weighted by Crippen LogP contribution is 2.62. The first-order valence-electron chi connectivity index (χ1n) is 10.5. The molecule has 0 radical (unpaired) electrons. The van der Waals surface area contributed by atoms with Crippen LogP contribution in [0.2, 0.25) is 5.02 Å². The van der Waals surface area contributed by atoms with Gasteiger partial charge >= 0.3 is 0 Å². The van der Waals surface area contributed by atoms with Crippen LogP contribution >= 0.6 is 22.9 Å². The van der Waals surface area contributed by atoms with Crippen molar-refractivity contribution in [2.24, 2.45) is 5.41 Å². The molecule has 2 heterocycles. The zero-order chi connectivity index (χ0) is 21.4. The topological polar surface area (TPSA) is 89.3 Å². The van der Waals surface area contributed by atoms with Crippen molar-refractivity contribution in [3.05, 3.63) is 46.1 Å². The zero-order valence-electron chi connectivity index (χ0n) is 16.6. The predicted molar refractivity (Wildman–Crippen MR) is 118 cm³/mol. The van der Waals surface area contributed by atoms with E-state index in [4.69, 9.17) is 21.0 Å². The van der Waals surface area contributed by atoms with Gasteiger partial charge < -0.3 is 9.73 Å². The minimum absolute atomic E-state index is 0.0693. The lowest BCUT2D eigenvalue weighted by molar-refractivity contribution is -0.0190. The maximum atomic E-state index is 12.5. The van der Waals surface area contributed by atoms with E-state index in [1.54, 1.807) is 11.3 Å². The molecule has 1 N–H and O–H groups in total. The first kappa shape index (κ1) is 19.8. The second-order valence-electron chi connectivity index (χ2n) is 9.21. The number of sulfone groups is 1. The number of carbonyl (C=O) groups is 1. The Balaban J connectivity index is 1.04. The third-order valence-electron chi connectivity index (χ3n) is 6.82. The fourth-order valence-electron chi connectivity index (χ4n) is 5.07. The van der Waals surface area contributed by atoms with E-state index < -0.39 is 9.84 Å². The Hall–Kier alpha value is -1.90. The summed E-state index contributed by atoms with van der Waals surface area (Å²) < 4.78 is 31.0. The van der Waals surface area contributed by atoms with Crippen LogP contribution in [0, 0.1) is 5.41 Å². The number of nitrogens with zero attached hydrogens (tertiary/aromatic N) is 1. The zero-order valence-corrected chi connectivity index (χ0v) is 19.0. The molecule has 1 aromatic carbocycles. The van der Waals surface area contributed by atoms with Gasteiger partial charge in [0, 0.05) is 17.0 Å². The number of amides is 1. The van der Waals surface area contributed by atoms with Crippen LogP contribution in [0.15, 0.2) is 39.8 Å². The molecular weight excluding hydrogens is 456 g/mol. The lowest BCUT2D eigenvalue weighted by Crippen LogP contribution is -2.55. The normalized spacial score (nSPS) is 27.8. The van der Waals surface area contributed by atoms with E-state index in [-0.39, 0.29) is 28.1 Å². The van der Waals surface area contributed by atoms with Crippen molar-refractivity contribution < 1.29 is 17.6 Å². The molecule has 1 spiro atoms. The highest BCUT2D eigenvalue weighted by Gasteiger charge is 2.54. The SMILES string of the molecule is O=C(NC1CC2(C1)CC(c1nc3cc(Cl)ccc3s1)C2)c1ccc(S(=O)(=O)C2CC2)o1. The van der Waals surface area contributed by atoms with Crippen LogP contribution in [0.1, 0.15) is 60.0 Å². The molecule has 6 nitrogen and oxygen atoms in total. The summed E-state index contributed by atoms with van der Waals surface area (Å²) >= 11 is 7.81. The number of furan rings is 1. The van der Waals surface area contributed by atoms with Crippen molar-refractivity contribution in [2.75, 3.05) is 0 Å². The summed E-state index contributed by atoms with van der Waals surface area (Å²) in [5, 5.41) is 4.44. The predicted octanol–water partition coefficient (Wildman–Crippen LogP) is 4.94. The fraction of sp³-hybridized carbons (Fsp3) is 0.455. The Morgan fingerprint density at radius 2 is 1.94 bits per heavy atom. The lowest BCUT2D eigenvalue weighted by Gasteiger charge is -2.57. The van der Waals surface area contributed by atoms with E-state index in [9.17, 15) is 13.2 Å². The van der Waals surface area contributed by atoms with Crippen LogP contribution in [0.3, 0.4) is 0 Å². The molecule has 162 valence electrons. The number of benzene rings is 1. The van der Waals surface area contributed by atoms with Crippen molar-refractivity contribution in [2.45, 2.75) is 60.8 Å². The standard InChI is InChI=1S/C22H21ClN2O4S2/c23-13-1-5-18-16(7-13)25-21(30-18)12-8-22(9-12)10-14(11-22)24-20(26)17-4-6-19(29-17)31(27,28)15-2-3-15/h1,4-7,12,14-15H,2-3,8-11H2,(H,24,26). The molecule has 2 aromatic heterocycles. The number of thiazole rings is 1. The van der Waals surface area contributed by atoms with Crippen molar-refractivity contribution in [3.8, 4) is 0 Å². The largest absolute Gasteiger partial charge is 0.440 e. The van der Waals surface area contributed by atoms with Crippen molar-refractivity contribution in [1.29, 1.82) is 0 Å². The van der Waals surface area contributed by atoms with E-state index in [1.165, 1.54) is 21.8 Å². The van der Waals surface area contributed by atoms with E-state index in [0.717, 1.165) is 31.2 Å². The van der Waals surface area contributed by atoms with Crippen LogP contribution < -0.4 is 5.32 Å². The van der Waals surface area contributed by atoms with Gasteiger partial charge in [-0.15, -0.1) is 11.3 Å². The Bertz CT molecular complexity index is 1290. The minimum atomic E-state index is -3.42. The fourth-order valence-corrected chi connectivity index (χ4v) is 7.83. The van der Waals surface area contributed by atoms with Crippen molar-refractivity contribution in [1.82, 2.24) is 10.3 Å². The second kappa shape index (κ2) is 6.80. The van der Waals surface area contributed by atoms with Gasteiger partial charge in [-0.25, -0.2) is 13.4 Å². The van der Waals surface area contributed by atoms with E-state index in [1.807, 2.05) is 18.2 Å². The lowest BCUT2D eigenvalue weighted by atomic mass is 9.50. The average Bonchev–Trinajstić information content (AvgIpc) is 3.27. The molecule has 0 bridgehead atoms. The Morgan fingerprint density at radius 3 is 2.68 bits per heavy atom. The van der Waals surface area contributed by atoms with Gasteiger partial charge in [0.15, 0.2) is 5.76 Å². The molecule has 6 rings (SSSR count). The maximum Gasteiger partial charge on any atom is 0.287 e. The minimum Gasteiger partial charge on any atom is -0.440 e. The third kappa shape index (κ3) is 3.39. The highest BCUT2D eigenvalue weighted by atomic mass is 35.5. The summed E-state index contributed by atoms with van der Waals surface area (Å²) in [7, 11) is -3.42. The number of carbonyl (C=O) groups excluding carboxylic acids is 1. The third-order valence-corrected chi connectivity index (χ3v) is 10.4. The van der Waals surface area contributed by atoms with E-state index in [2.05, 4.69) is 5.32 Å². The Labute approximate surface area is 188 Å². The summed E-state index contributed by atoms with van der Waals surface area (Å²) in [6.45, 7) is 0. The molecule has 9 heteroatoms. The molecule has 0 aliphatic heterocycles. The van der Waals surface area contributed by atoms with Crippen LogP contribution in [-0.4, -0.2) is 30.6 Å². The Kier molecular flexibility index (Phi) is 4.33. The van der Waals surface area contributed by atoms with Gasteiger partial charge in [0.25, 0.3) is 5.91 Å². The Morgan fingerprint density at radius 1 is 1.16 bits per heavy atom. The molecule has 31 heavy (non-hydrogen) atoms. The smallest absolute Gasteiger partial charge is 0.287 e. The van der Waals surface area contributed by atoms with E-state index in [0.29, 0.717) is 29.2 Å². The summed E-state index contributed by atoms with van der Waals surface area (Å²) in [4.78, 5) is 17.3. The van der Waals surface area contributed by atoms with Gasteiger partial charge in [-0.3, -0.25) is 4.79 Å². The molecule has 0 saturated heterocycles. The molecule has 0 atom stereocenters. The quantitative estimate of drug-likeness (QED) is 0.563. The number of nitrogens with one attached hydrogen (secondary N) is 1. The first-order chi connectivity index (χ1) is 14.8. The molecular formula is C22H21ClN2O4S2. The first-order valence-corrected chi connectivity index (χ1v) is 13.3. The highest BCUT2D eigenvalue weighted by molar-refractivity contribution is 7.92. The van der Waals surface area contributed by atoms with Crippen LogP contribution in [0.25, 0.3) is 10.2 Å². The maximum absolute atomic E-state index is 12.5. The molecule has 3 aromatic rings. The molecule has 0 unspecified atom stereocenters. The van der Waals surface area contributed by atoms with Gasteiger partial charge in [-0.05, 0) is 74.3 Å².